The third-order valence-electron chi connectivity index (χ3n) is 4.79. The SMILES string of the molecule is O=C(/C=C/c1cccc(/C=C/C(=O)N2CCCC(c3ccccc3)C2)n1)CO. The van der Waals surface area contributed by atoms with Gasteiger partial charge in [0.2, 0.25) is 5.91 Å². The van der Waals surface area contributed by atoms with Gasteiger partial charge in [0.1, 0.15) is 6.61 Å². The summed E-state index contributed by atoms with van der Waals surface area (Å²) in [6, 6.07) is 15.7. The summed E-state index contributed by atoms with van der Waals surface area (Å²) in [6.45, 7) is 0.975. The van der Waals surface area contributed by atoms with Crippen LogP contribution in [0.2, 0.25) is 0 Å². The highest BCUT2D eigenvalue weighted by molar-refractivity contribution is 5.94. The van der Waals surface area contributed by atoms with Gasteiger partial charge < -0.3 is 10.0 Å². The molecule has 3 rings (SSSR count). The van der Waals surface area contributed by atoms with Crippen molar-refractivity contribution in [2.24, 2.45) is 0 Å². The van der Waals surface area contributed by atoms with Gasteiger partial charge >= 0.3 is 0 Å². The zero-order valence-corrected chi connectivity index (χ0v) is 15.7. The Balaban J connectivity index is 1.63. The standard InChI is InChI=1S/C23H24N2O3/c26-17-22(27)13-11-20-9-4-10-21(24-20)12-14-23(28)25-15-5-8-19(16-25)18-6-2-1-3-7-18/h1-4,6-7,9-14,19,26H,5,8,15-17H2/b13-11+,14-12+. The molecule has 1 aliphatic rings. The van der Waals surface area contributed by atoms with E-state index < -0.39 is 6.61 Å². The number of aliphatic hydroxyl groups excluding tert-OH is 1. The Labute approximate surface area is 165 Å². The first-order chi connectivity index (χ1) is 13.7. The quantitative estimate of drug-likeness (QED) is 0.787. The Morgan fingerprint density at radius 3 is 2.46 bits per heavy atom. The average molecular weight is 376 g/mol. The van der Waals surface area contributed by atoms with Crippen molar-refractivity contribution in [3.63, 3.8) is 0 Å². The second-order valence-electron chi connectivity index (χ2n) is 6.81. The molecular formula is C23H24N2O3. The number of piperidine rings is 1. The molecule has 1 unspecified atom stereocenters. The topological polar surface area (TPSA) is 70.5 Å². The molecule has 2 aromatic rings. The second kappa shape index (κ2) is 9.76. The highest BCUT2D eigenvalue weighted by atomic mass is 16.3. The monoisotopic (exact) mass is 376 g/mol. The minimum absolute atomic E-state index is 0.0150. The molecule has 5 nitrogen and oxygen atoms in total. The third kappa shape index (κ3) is 5.47. The maximum Gasteiger partial charge on any atom is 0.246 e. The van der Waals surface area contributed by atoms with Crippen LogP contribution in [-0.2, 0) is 9.59 Å². The Morgan fingerprint density at radius 2 is 1.75 bits per heavy atom. The largest absolute Gasteiger partial charge is 0.388 e. The average Bonchev–Trinajstić information content (AvgIpc) is 2.76. The van der Waals surface area contributed by atoms with Crippen molar-refractivity contribution in [3.05, 3.63) is 77.6 Å². The second-order valence-corrected chi connectivity index (χ2v) is 6.81. The molecular weight excluding hydrogens is 352 g/mol. The van der Waals surface area contributed by atoms with Crippen molar-refractivity contribution < 1.29 is 14.7 Å². The normalized spacial score (nSPS) is 17.3. The first-order valence-corrected chi connectivity index (χ1v) is 9.46. The van der Waals surface area contributed by atoms with Crippen molar-refractivity contribution >= 4 is 23.8 Å². The number of carbonyl (C=O) groups excluding carboxylic acids is 2. The number of rotatable bonds is 6. The molecule has 1 aliphatic heterocycles. The minimum atomic E-state index is -0.523. The van der Waals surface area contributed by atoms with Gasteiger partial charge in [-0.1, -0.05) is 36.4 Å². The Bertz CT molecular complexity index is 874. The number of amides is 1. The van der Waals surface area contributed by atoms with Crippen LogP contribution in [0.25, 0.3) is 12.2 Å². The fraction of sp³-hybridized carbons (Fsp3) is 0.261. The van der Waals surface area contributed by atoms with E-state index in [0.29, 0.717) is 17.3 Å². The van der Waals surface area contributed by atoms with Crippen LogP contribution in [-0.4, -0.2) is 46.4 Å². The van der Waals surface area contributed by atoms with Gasteiger partial charge in [-0.2, -0.15) is 0 Å². The molecule has 1 N–H and O–H groups in total. The van der Waals surface area contributed by atoms with Crippen LogP contribution >= 0.6 is 0 Å². The van der Waals surface area contributed by atoms with Crippen LogP contribution in [0, 0.1) is 0 Å². The molecule has 0 radical (unpaired) electrons. The first-order valence-electron chi connectivity index (χ1n) is 9.46. The zero-order valence-electron chi connectivity index (χ0n) is 15.7. The number of nitrogens with zero attached hydrogens (tertiary/aromatic N) is 2. The molecule has 0 aliphatic carbocycles. The summed E-state index contributed by atoms with van der Waals surface area (Å²) in [7, 11) is 0. The number of hydrogen-bond donors (Lipinski definition) is 1. The lowest BCUT2D eigenvalue weighted by Gasteiger charge is -2.32. The van der Waals surface area contributed by atoms with E-state index in [9.17, 15) is 9.59 Å². The highest BCUT2D eigenvalue weighted by Gasteiger charge is 2.23. The minimum Gasteiger partial charge on any atom is -0.388 e. The van der Waals surface area contributed by atoms with E-state index in [1.807, 2.05) is 29.2 Å². The van der Waals surface area contributed by atoms with E-state index in [2.05, 4.69) is 17.1 Å². The molecule has 28 heavy (non-hydrogen) atoms. The summed E-state index contributed by atoms with van der Waals surface area (Å²) in [4.78, 5) is 30.0. The zero-order chi connectivity index (χ0) is 19.8. The van der Waals surface area contributed by atoms with Crippen LogP contribution in [0.5, 0.6) is 0 Å². The first kappa shape index (κ1) is 19.7. The molecule has 1 saturated heterocycles. The highest BCUT2D eigenvalue weighted by Crippen LogP contribution is 2.26. The van der Waals surface area contributed by atoms with Gasteiger partial charge in [0.05, 0.1) is 11.4 Å². The van der Waals surface area contributed by atoms with Gasteiger partial charge in [0, 0.05) is 25.1 Å². The summed E-state index contributed by atoms with van der Waals surface area (Å²) in [6.07, 6.45) is 8.18. The predicted octanol–water partition coefficient (Wildman–Crippen LogP) is 3.08. The molecule has 0 spiro atoms. The van der Waals surface area contributed by atoms with E-state index in [1.165, 1.54) is 11.6 Å². The van der Waals surface area contributed by atoms with E-state index in [0.717, 1.165) is 25.9 Å². The molecule has 5 heteroatoms. The van der Waals surface area contributed by atoms with Crippen molar-refractivity contribution in [2.75, 3.05) is 19.7 Å². The lowest BCUT2D eigenvalue weighted by Crippen LogP contribution is -2.38. The molecule has 1 aromatic carbocycles. The van der Waals surface area contributed by atoms with Gasteiger partial charge in [0.25, 0.3) is 0 Å². The number of pyridine rings is 1. The maximum absolute atomic E-state index is 12.6. The number of hydrogen-bond acceptors (Lipinski definition) is 4. The number of likely N-dealkylation sites (tertiary alicyclic amines) is 1. The summed E-state index contributed by atoms with van der Waals surface area (Å²) in [5, 5.41) is 8.75. The van der Waals surface area contributed by atoms with E-state index in [-0.39, 0.29) is 11.7 Å². The van der Waals surface area contributed by atoms with E-state index >= 15 is 0 Å². The van der Waals surface area contributed by atoms with Gasteiger partial charge in [-0.05, 0) is 48.8 Å². The van der Waals surface area contributed by atoms with Gasteiger partial charge in [0.15, 0.2) is 5.78 Å². The van der Waals surface area contributed by atoms with E-state index in [4.69, 9.17) is 5.11 Å². The number of carbonyl (C=O) groups is 2. The van der Waals surface area contributed by atoms with Gasteiger partial charge in [-0.25, -0.2) is 4.98 Å². The number of aromatic nitrogens is 1. The number of ketones is 1. The molecule has 0 bridgehead atoms. The smallest absolute Gasteiger partial charge is 0.246 e. The molecule has 144 valence electrons. The molecule has 1 amide bonds. The van der Waals surface area contributed by atoms with Crippen molar-refractivity contribution in [3.8, 4) is 0 Å². The Kier molecular flexibility index (Phi) is 6.87. The fourth-order valence-corrected chi connectivity index (χ4v) is 3.32. The van der Waals surface area contributed by atoms with Gasteiger partial charge in [-0.15, -0.1) is 0 Å². The van der Waals surface area contributed by atoms with Crippen LogP contribution in [0.1, 0.15) is 35.7 Å². The summed E-state index contributed by atoms with van der Waals surface area (Å²) in [5.74, 6) is -0.0159. The summed E-state index contributed by atoms with van der Waals surface area (Å²) >= 11 is 0. The van der Waals surface area contributed by atoms with Crippen LogP contribution in [0.3, 0.4) is 0 Å². The van der Waals surface area contributed by atoms with Crippen LogP contribution in [0.15, 0.2) is 60.7 Å². The summed E-state index contributed by atoms with van der Waals surface area (Å²) in [5.41, 5.74) is 2.52. The lowest BCUT2D eigenvalue weighted by molar-refractivity contribution is -0.127. The molecule has 1 fully saturated rings. The molecule has 1 atom stereocenters. The van der Waals surface area contributed by atoms with Crippen LogP contribution < -0.4 is 0 Å². The third-order valence-corrected chi connectivity index (χ3v) is 4.79. The van der Waals surface area contributed by atoms with Crippen LogP contribution in [0.4, 0.5) is 0 Å². The number of aliphatic hydroxyl groups is 1. The molecule has 2 heterocycles. The maximum atomic E-state index is 12.6. The Morgan fingerprint density at radius 1 is 1.04 bits per heavy atom. The van der Waals surface area contributed by atoms with Crippen molar-refractivity contribution in [2.45, 2.75) is 18.8 Å². The number of benzene rings is 1. The Hall–Kier alpha value is -3.05. The molecule has 0 saturated carbocycles. The molecule has 1 aromatic heterocycles. The van der Waals surface area contributed by atoms with Gasteiger partial charge in [-0.3, -0.25) is 9.59 Å². The fourth-order valence-electron chi connectivity index (χ4n) is 3.32. The lowest BCUT2D eigenvalue weighted by atomic mass is 9.90. The summed E-state index contributed by atoms with van der Waals surface area (Å²) < 4.78 is 0. The van der Waals surface area contributed by atoms with Crippen molar-refractivity contribution in [1.82, 2.24) is 9.88 Å². The van der Waals surface area contributed by atoms with Crippen molar-refractivity contribution in [1.29, 1.82) is 0 Å². The van der Waals surface area contributed by atoms with E-state index in [1.54, 1.807) is 30.4 Å². The predicted molar refractivity (Wildman–Crippen MR) is 109 cm³/mol.